The summed E-state index contributed by atoms with van der Waals surface area (Å²) in [5.41, 5.74) is 13.0. The highest BCUT2D eigenvalue weighted by atomic mass is 32.1. The van der Waals surface area contributed by atoms with E-state index in [1.165, 1.54) is 18.3 Å². The molecule has 0 aliphatic carbocycles. The minimum absolute atomic E-state index is 0.00234. The monoisotopic (exact) mass is 481 g/mol. The maximum Gasteiger partial charge on any atom is 0.425 e. The molecule has 33 heavy (non-hydrogen) atoms. The van der Waals surface area contributed by atoms with Crippen molar-refractivity contribution >= 4 is 33.8 Å². The van der Waals surface area contributed by atoms with Gasteiger partial charge < -0.3 is 21.5 Å². The number of carbonyl (C=O) groups excluding carboxylic acids is 1. The van der Waals surface area contributed by atoms with Crippen molar-refractivity contribution in [2.75, 3.05) is 12.3 Å². The highest BCUT2D eigenvalue weighted by molar-refractivity contribution is 7.18. The summed E-state index contributed by atoms with van der Waals surface area (Å²) < 4.78 is 43.5. The molecule has 0 aliphatic rings. The third-order valence-corrected chi connectivity index (χ3v) is 5.47. The number of amides is 1. The minimum atomic E-state index is -4.57. The zero-order valence-electron chi connectivity index (χ0n) is 18.7. The van der Waals surface area contributed by atoms with Crippen molar-refractivity contribution in [3.05, 3.63) is 34.3 Å². The van der Waals surface area contributed by atoms with Gasteiger partial charge in [0.25, 0.3) is 5.91 Å². The van der Waals surface area contributed by atoms with Gasteiger partial charge in [-0.05, 0) is 37.5 Å². The van der Waals surface area contributed by atoms with E-state index in [1.807, 2.05) is 0 Å². The molecule has 1 amide bonds. The smallest absolute Gasteiger partial charge is 0.425 e. The van der Waals surface area contributed by atoms with Gasteiger partial charge in [0.2, 0.25) is 5.88 Å². The third kappa shape index (κ3) is 7.12. The molecule has 5 N–H and O–H groups in total. The lowest BCUT2D eigenvalue weighted by Gasteiger charge is -2.17. The van der Waals surface area contributed by atoms with Crippen molar-refractivity contribution in [2.24, 2.45) is 16.6 Å². The number of halogens is 3. The van der Waals surface area contributed by atoms with Gasteiger partial charge in [-0.3, -0.25) is 4.79 Å². The predicted molar refractivity (Wildman–Crippen MR) is 124 cm³/mol. The normalized spacial score (nSPS) is 12.8. The average molecular weight is 482 g/mol. The quantitative estimate of drug-likeness (QED) is 0.312. The molecule has 0 radical (unpaired) electrons. The van der Waals surface area contributed by atoms with Crippen LogP contribution in [0.3, 0.4) is 0 Å². The largest absolute Gasteiger partial charge is 0.463 e. The molecule has 2 rings (SSSR count). The second kappa shape index (κ2) is 11.0. The number of thiophene rings is 1. The summed E-state index contributed by atoms with van der Waals surface area (Å²) in [4.78, 5) is 20.9. The van der Waals surface area contributed by atoms with Crippen molar-refractivity contribution < 1.29 is 22.7 Å². The van der Waals surface area contributed by atoms with Gasteiger partial charge in [0.05, 0.1) is 22.0 Å². The first-order valence-electron chi connectivity index (χ1n) is 10.1. The summed E-state index contributed by atoms with van der Waals surface area (Å²) in [7, 11) is 0. The maximum absolute atomic E-state index is 12.9. The number of rotatable bonds is 7. The molecule has 2 aromatic heterocycles. The van der Waals surface area contributed by atoms with E-state index in [-0.39, 0.29) is 34.9 Å². The molecule has 2 aromatic rings. The number of amidine groups is 1. The van der Waals surface area contributed by atoms with E-state index in [1.54, 1.807) is 6.92 Å². The van der Waals surface area contributed by atoms with Crippen LogP contribution in [0.4, 0.5) is 23.9 Å². The number of anilines is 1. The van der Waals surface area contributed by atoms with Gasteiger partial charge in [0, 0.05) is 12.6 Å². The van der Waals surface area contributed by atoms with Crippen molar-refractivity contribution in [3.63, 3.8) is 0 Å². The van der Waals surface area contributed by atoms with Crippen molar-refractivity contribution in [2.45, 2.75) is 46.4 Å². The Morgan fingerprint density at radius 3 is 2.67 bits per heavy atom. The number of carbonyl (C=O) groups is 1. The van der Waals surface area contributed by atoms with E-state index in [4.69, 9.17) is 16.2 Å². The molecular weight excluding hydrogens is 455 g/mol. The lowest BCUT2D eigenvalue weighted by molar-refractivity contribution is -0.189. The topological polar surface area (TPSA) is 116 Å². The number of pyridine rings is 1. The molecule has 1 atom stereocenters. The molecule has 2 heterocycles. The van der Waals surface area contributed by atoms with Crippen LogP contribution in [0.25, 0.3) is 0 Å². The molecule has 11 heteroatoms. The van der Waals surface area contributed by atoms with Crippen LogP contribution in [0, 0.1) is 24.7 Å². The van der Waals surface area contributed by atoms with Crippen LogP contribution in [-0.2, 0) is 0 Å². The summed E-state index contributed by atoms with van der Waals surface area (Å²) in [6, 6.07) is 2.90. The Morgan fingerprint density at radius 2 is 2.03 bits per heavy atom. The molecule has 178 valence electrons. The number of ether oxygens (including phenoxy) is 1. The molecule has 1 unspecified atom stereocenters. The molecule has 0 saturated heterocycles. The van der Waals surface area contributed by atoms with Crippen LogP contribution in [0.2, 0.25) is 0 Å². The summed E-state index contributed by atoms with van der Waals surface area (Å²) in [5, 5.41) is 2.96. The lowest BCUT2D eigenvalue weighted by Crippen LogP contribution is -2.31. The van der Waals surface area contributed by atoms with Gasteiger partial charge in [0.1, 0.15) is 11.5 Å². The first-order chi connectivity index (χ1) is 15.4. The number of hydrogen-bond acceptors (Lipinski definition) is 6. The van der Waals surface area contributed by atoms with Crippen LogP contribution in [0.1, 0.15) is 48.0 Å². The van der Waals surface area contributed by atoms with Gasteiger partial charge in [-0.1, -0.05) is 19.8 Å². The molecular formula is C22H26F3N5O2S. The number of nitrogens with two attached hydrogens (primary N) is 2. The lowest BCUT2D eigenvalue weighted by atomic mass is 10.1. The molecule has 0 spiro atoms. The Morgan fingerprint density at radius 1 is 1.33 bits per heavy atom. The van der Waals surface area contributed by atoms with Crippen molar-refractivity contribution in [1.82, 2.24) is 10.3 Å². The second-order valence-electron chi connectivity index (χ2n) is 7.56. The fourth-order valence-corrected chi connectivity index (χ4v) is 3.59. The van der Waals surface area contributed by atoms with E-state index in [0.717, 1.165) is 24.7 Å². The van der Waals surface area contributed by atoms with Crippen LogP contribution >= 0.6 is 11.3 Å². The Labute approximate surface area is 194 Å². The first kappa shape index (κ1) is 26.0. The second-order valence-corrected chi connectivity index (χ2v) is 8.61. The summed E-state index contributed by atoms with van der Waals surface area (Å²) >= 11 is 1.04. The number of nitrogens with zero attached hydrogens (tertiary/aromatic N) is 2. The highest BCUT2D eigenvalue weighted by Gasteiger charge is 2.38. The van der Waals surface area contributed by atoms with E-state index in [0.29, 0.717) is 21.9 Å². The van der Waals surface area contributed by atoms with Crippen LogP contribution in [-0.4, -0.2) is 35.6 Å². The first-order valence-corrected chi connectivity index (χ1v) is 10.9. The molecule has 7 nitrogen and oxygen atoms in total. The van der Waals surface area contributed by atoms with E-state index < -0.39 is 12.3 Å². The van der Waals surface area contributed by atoms with Gasteiger partial charge >= 0.3 is 6.18 Å². The number of aromatic nitrogens is 1. The molecule has 0 aliphatic heterocycles. The fraction of sp³-hybridized carbons (Fsp3) is 0.409. The van der Waals surface area contributed by atoms with Gasteiger partial charge in [-0.15, -0.1) is 17.3 Å². The number of aliphatic imine (C=N–C) groups is 1. The number of alkyl halides is 3. The Hall–Kier alpha value is -3.26. The SMILES string of the molecule is Cc1c(C(=O)NCC#CCC(C)C)sc(N)c1C(N)=Nc1cccnc1OC(C)C(F)(F)F. The van der Waals surface area contributed by atoms with Crippen molar-refractivity contribution in [1.29, 1.82) is 0 Å². The number of nitrogen functional groups attached to an aromatic ring is 1. The van der Waals surface area contributed by atoms with Crippen molar-refractivity contribution in [3.8, 4) is 17.7 Å². The van der Waals surface area contributed by atoms with Crippen LogP contribution < -0.4 is 21.5 Å². The Bertz CT molecular complexity index is 1080. The summed E-state index contributed by atoms with van der Waals surface area (Å²) in [6.45, 7) is 6.82. The standard InChI is InChI=1S/C22H26F3N5O2S/c1-12(2)8-5-6-10-28-20(31)17-13(3)16(19(27)33-17)18(26)30-15-9-7-11-29-21(15)32-14(4)22(23,24)25/h7,9,11-12,14H,8,10,27H2,1-4H3,(H2,26,30)(H,28,31). The third-order valence-electron chi connectivity index (χ3n) is 4.35. The van der Waals surface area contributed by atoms with Crippen LogP contribution in [0.15, 0.2) is 23.3 Å². The summed E-state index contributed by atoms with van der Waals surface area (Å²) in [5.74, 6) is 5.56. The molecule has 0 bridgehead atoms. The maximum atomic E-state index is 12.9. The zero-order chi connectivity index (χ0) is 24.8. The predicted octanol–water partition coefficient (Wildman–Crippen LogP) is 4.18. The van der Waals surface area contributed by atoms with E-state index >= 15 is 0 Å². The Balaban J connectivity index is 2.26. The number of hydrogen-bond donors (Lipinski definition) is 3. The van der Waals surface area contributed by atoms with E-state index in [9.17, 15) is 18.0 Å². The average Bonchev–Trinajstić information content (AvgIpc) is 3.02. The van der Waals surface area contributed by atoms with Crippen LogP contribution in [0.5, 0.6) is 5.88 Å². The van der Waals surface area contributed by atoms with Gasteiger partial charge in [-0.2, -0.15) is 13.2 Å². The highest BCUT2D eigenvalue weighted by Crippen LogP contribution is 2.33. The molecule has 0 aromatic carbocycles. The van der Waals surface area contributed by atoms with Gasteiger partial charge in [0.15, 0.2) is 6.10 Å². The minimum Gasteiger partial charge on any atom is -0.463 e. The Kier molecular flexibility index (Phi) is 8.70. The zero-order valence-corrected chi connectivity index (χ0v) is 19.5. The fourth-order valence-electron chi connectivity index (χ4n) is 2.59. The van der Waals surface area contributed by atoms with E-state index in [2.05, 4.69) is 41.0 Å². The van der Waals surface area contributed by atoms with Gasteiger partial charge in [-0.25, -0.2) is 9.98 Å². The summed E-state index contributed by atoms with van der Waals surface area (Å²) in [6.07, 6.45) is -4.64. The molecule has 0 saturated carbocycles. The number of nitrogens with one attached hydrogen (secondary N) is 1. The molecule has 0 fully saturated rings.